The highest BCUT2D eigenvalue weighted by Gasteiger charge is 2.36. The molecule has 0 N–H and O–H groups in total. The molecular weight excluding hydrogens is 300 g/mol. The van der Waals surface area contributed by atoms with Gasteiger partial charge in [0.25, 0.3) is 0 Å². The fourth-order valence-electron chi connectivity index (χ4n) is 1.65. The molecular formula is C19H32OSi2. The molecule has 1 aromatic rings. The molecule has 0 saturated heterocycles. The number of hydrogen-bond donors (Lipinski definition) is 0. The maximum absolute atomic E-state index is 6.26. The van der Waals surface area contributed by atoms with Gasteiger partial charge in [-0.25, -0.2) is 0 Å². The summed E-state index contributed by atoms with van der Waals surface area (Å²) in [5.41, 5.74) is 5.97. The summed E-state index contributed by atoms with van der Waals surface area (Å²) >= 11 is 0. The molecule has 0 aliphatic rings. The highest BCUT2D eigenvalue weighted by atomic mass is 28.4. The third-order valence-electron chi connectivity index (χ3n) is 4.18. The normalized spacial score (nSPS) is 12.7. The number of rotatable bonds is 4. The summed E-state index contributed by atoms with van der Waals surface area (Å²) in [4.78, 5) is 0. The predicted molar refractivity (Wildman–Crippen MR) is 103 cm³/mol. The lowest BCUT2D eigenvalue weighted by atomic mass is 10.1. The Balaban J connectivity index is 2.61. The van der Waals surface area contributed by atoms with Crippen molar-refractivity contribution in [1.29, 1.82) is 0 Å². The summed E-state index contributed by atoms with van der Waals surface area (Å²) in [5, 5.41) is 0.263. The summed E-state index contributed by atoms with van der Waals surface area (Å²) in [5.74, 6) is 3.32. The monoisotopic (exact) mass is 332 g/mol. The maximum Gasteiger partial charge on any atom is 0.192 e. The van der Waals surface area contributed by atoms with E-state index in [1.165, 1.54) is 11.1 Å². The van der Waals surface area contributed by atoms with Gasteiger partial charge in [0.2, 0.25) is 0 Å². The molecule has 22 heavy (non-hydrogen) atoms. The predicted octanol–water partition coefficient (Wildman–Crippen LogP) is 5.63. The second-order valence-corrected chi connectivity index (χ2v) is 18.2. The Labute approximate surface area is 139 Å². The molecule has 0 radical (unpaired) electrons. The molecule has 0 fully saturated rings. The summed E-state index contributed by atoms with van der Waals surface area (Å²) in [7, 11) is -2.91. The zero-order valence-electron chi connectivity index (χ0n) is 15.6. The van der Waals surface area contributed by atoms with E-state index < -0.39 is 16.4 Å². The molecule has 1 aromatic carbocycles. The van der Waals surface area contributed by atoms with Crippen molar-refractivity contribution < 1.29 is 4.43 Å². The van der Waals surface area contributed by atoms with Crippen molar-refractivity contribution in [1.82, 2.24) is 0 Å². The zero-order valence-corrected chi connectivity index (χ0v) is 17.6. The Bertz CT molecular complexity index is 534. The molecule has 122 valence electrons. The van der Waals surface area contributed by atoms with Crippen LogP contribution in [0.5, 0.6) is 0 Å². The Morgan fingerprint density at radius 3 is 1.86 bits per heavy atom. The Morgan fingerprint density at radius 2 is 1.41 bits per heavy atom. The lowest BCUT2D eigenvalue weighted by Gasteiger charge is -2.36. The highest BCUT2D eigenvalue weighted by Crippen LogP contribution is 2.37. The first kappa shape index (κ1) is 19.2. The van der Waals surface area contributed by atoms with E-state index in [0.717, 1.165) is 13.0 Å². The molecule has 0 aromatic heterocycles. The van der Waals surface area contributed by atoms with Crippen molar-refractivity contribution in [2.75, 3.05) is 0 Å². The van der Waals surface area contributed by atoms with E-state index in [9.17, 15) is 0 Å². The molecule has 0 unspecified atom stereocenters. The van der Waals surface area contributed by atoms with Gasteiger partial charge < -0.3 is 4.43 Å². The van der Waals surface area contributed by atoms with Crippen LogP contribution in [0.25, 0.3) is 0 Å². The van der Waals surface area contributed by atoms with Crippen LogP contribution in [0.15, 0.2) is 24.3 Å². The van der Waals surface area contributed by atoms with Crippen molar-refractivity contribution in [3.05, 3.63) is 35.4 Å². The lowest BCUT2D eigenvalue weighted by Crippen LogP contribution is -2.40. The van der Waals surface area contributed by atoms with Gasteiger partial charge in [0.05, 0.1) is 6.61 Å². The first-order valence-electron chi connectivity index (χ1n) is 8.12. The van der Waals surface area contributed by atoms with Crippen molar-refractivity contribution in [3.8, 4) is 11.5 Å². The Kier molecular flexibility index (Phi) is 6.26. The van der Waals surface area contributed by atoms with Gasteiger partial charge >= 0.3 is 0 Å². The van der Waals surface area contributed by atoms with E-state index in [-0.39, 0.29) is 5.04 Å². The number of benzene rings is 1. The fourth-order valence-corrected chi connectivity index (χ4v) is 3.22. The average Bonchev–Trinajstić information content (AvgIpc) is 2.35. The van der Waals surface area contributed by atoms with Crippen LogP contribution in [0.1, 0.15) is 31.9 Å². The maximum atomic E-state index is 6.26. The van der Waals surface area contributed by atoms with Gasteiger partial charge in [-0.15, -0.1) is 11.5 Å². The molecule has 0 heterocycles. The van der Waals surface area contributed by atoms with Gasteiger partial charge in [0, 0.05) is 6.42 Å². The quantitative estimate of drug-likeness (QED) is 0.513. The van der Waals surface area contributed by atoms with Crippen LogP contribution in [0.4, 0.5) is 0 Å². The van der Waals surface area contributed by atoms with Crippen LogP contribution in [0.2, 0.25) is 37.8 Å². The molecule has 0 aliphatic heterocycles. The Hall–Kier alpha value is -0.826. The van der Waals surface area contributed by atoms with Gasteiger partial charge in [0.1, 0.15) is 8.07 Å². The smallest absolute Gasteiger partial charge is 0.192 e. The second-order valence-electron chi connectivity index (χ2n) is 8.59. The van der Waals surface area contributed by atoms with Gasteiger partial charge in [0.15, 0.2) is 8.32 Å². The fraction of sp³-hybridized carbons (Fsp3) is 0.579. The van der Waals surface area contributed by atoms with Crippen LogP contribution in [0.3, 0.4) is 0 Å². The lowest BCUT2D eigenvalue weighted by molar-refractivity contribution is 0.276. The molecule has 3 heteroatoms. The summed E-state index contributed by atoms with van der Waals surface area (Å²) in [6.07, 6.45) is 0.855. The minimum absolute atomic E-state index is 0.263. The average molecular weight is 333 g/mol. The van der Waals surface area contributed by atoms with E-state index in [2.05, 4.69) is 89.2 Å². The van der Waals surface area contributed by atoms with Gasteiger partial charge in [-0.1, -0.05) is 64.7 Å². The van der Waals surface area contributed by atoms with Crippen molar-refractivity contribution in [2.45, 2.75) is 71.6 Å². The topological polar surface area (TPSA) is 9.23 Å². The van der Waals surface area contributed by atoms with E-state index in [0.29, 0.717) is 0 Å². The minimum Gasteiger partial charge on any atom is -0.413 e. The van der Waals surface area contributed by atoms with E-state index >= 15 is 0 Å². The summed E-state index contributed by atoms with van der Waals surface area (Å²) in [6, 6.07) is 8.73. The zero-order chi connectivity index (χ0) is 17.0. The molecule has 0 bridgehead atoms. The SMILES string of the molecule is CC(C)(C)[Si](C)(C)OCc1ccc(CC#C[Si](C)(C)C)cc1. The van der Waals surface area contributed by atoms with Crippen molar-refractivity contribution in [2.24, 2.45) is 0 Å². The van der Waals surface area contributed by atoms with Crippen molar-refractivity contribution in [3.63, 3.8) is 0 Å². The van der Waals surface area contributed by atoms with E-state index in [1.54, 1.807) is 0 Å². The molecule has 0 atom stereocenters. The summed E-state index contributed by atoms with van der Waals surface area (Å²) in [6.45, 7) is 19.0. The van der Waals surface area contributed by atoms with Crippen LogP contribution < -0.4 is 0 Å². The minimum atomic E-state index is -1.66. The largest absolute Gasteiger partial charge is 0.413 e. The molecule has 1 rings (SSSR count). The van der Waals surface area contributed by atoms with Gasteiger partial charge in [-0.3, -0.25) is 0 Å². The molecule has 1 nitrogen and oxygen atoms in total. The molecule has 0 saturated carbocycles. The van der Waals surface area contributed by atoms with Crippen molar-refractivity contribution >= 4 is 16.4 Å². The van der Waals surface area contributed by atoms with Crippen LogP contribution in [-0.4, -0.2) is 16.4 Å². The standard InChI is InChI=1S/C19H32OSi2/c1-19(2,3)22(7,8)20-16-18-13-11-17(12-14-18)10-9-15-21(4,5)6/h11-14H,10,16H2,1-8H3. The van der Waals surface area contributed by atoms with Gasteiger partial charge in [-0.2, -0.15) is 0 Å². The summed E-state index contributed by atoms with van der Waals surface area (Å²) < 4.78 is 6.26. The third-order valence-corrected chi connectivity index (χ3v) is 9.59. The van der Waals surface area contributed by atoms with Crippen LogP contribution >= 0.6 is 0 Å². The second kappa shape index (κ2) is 7.16. The van der Waals surface area contributed by atoms with E-state index in [1.807, 2.05) is 0 Å². The molecule has 0 aliphatic carbocycles. The van der Waals surface area contributed by atoms with Gasteiger partial charge in [-0.05, 0) is 29.3 Å². The third kappa shape index (κ3) is 6.52. The highest BCUT2D eigenvalue weighted by molar-refractivity contribution is 6.83. The number of hydrogen-bond acceptors (Lipinski definition) is 1. The first-order valence-corrected chi connectivity index (χ1v) is 14.5. The molecule has 0 amide bonds. The van der Waals surface area contributed by atoms with Crippen LogP contribution in [-0.2, 0) is 17.5 Å². The Morgan fingerprint density at radius 1 is 0.909 bits per heavy atom. The van der Waals surface area contributed by atoms with Crippen LogP contribution in [0, 0.1) is 11.5 Å². The van der Waals surface area contributed by atoms with E-state index in [4.69, 9.17) is 4.43 Å². The molecule has 0 spiro atoms. The first-order chi connectivity index (χ1) is 9.91.